The molecule has 3 rings (SSSR count). The summed E-state index contributed by atoms with van der Waals surface area (Å²) < 4.78 is 5.50. The minimum absolute atomic E-state index is 0.694. The molecule has 1 aromatic heterocycles. The zero-order chi connectivity index (χ0) is 9.38. The van der Waals surface area contributed by atoms with Gasteiger partial charge in [0.1, 0.15) is 5.76 Å². The smallest absolute Gasteiger partial charge is 0.180 e. The maximum Gasteiger partial charge on any atom is 0.180 e. The van der Waals surface area contributed by atoms with Crippen molar-refractivity contribution in [3.63, 3.8) is 0 Å². The zero-order valence-electron chi connectivity index (χ0n) is 8.48. The van der Waals surface area contributed by atoms with Crippen molar-refractivity contribution >= 4 is 0 Å². The molecule has 0 aliphatic heterocycles. The van der Waals surface area contributed by atoms with Gasteiger partial charge in [0.25, 0.3) is 0 Å². The van der Waals surface area contributed by atoms with E-state index in [4.69, 9.17) is 4.42 Å². The molecule has 2 aliphatic rings. The van der Waals surface area contributed by atoms with Crippen LogP contribution in [0, 0.1) is 11.8 Å². The van der Waals surface area contributed by atoms with Crippen molar-refractivity contribution < 1.29 is 4.42 Å². The quantitative estimate of drug-likeness (QED) is 0.732. The number of hydrogen-bond acceptors (Lipinski definition) is 2. The Hall–Kier alpha value is -0.790. The Balaban J connectivity index is 1.79. The fourth-order valence-electron chi connectivity index (χ4n) is 2.84. The van der Waals surface area contributed by atoms with Crippen molar-refractivity contribution in [3.8, 4) is 0 Å². The molecular formula is C12H17NO. The maximum absolute atomic E-state index is 5.50. The molecule has 0 atom stereocenters. The summed E-state index contributed by atoms with van der Waals surface area (Å²) in [5.74, 6) is 3.64. The van der Waals surface area contributed by atoms with E-state index in [1.54, 1.807) is 6.39 Å². The topological polar surface area (TPSA) is 26.0 Å². The standard InChI is InChI=1S/C12H17NO/c1-3-9(4-1)12(10-5-2-6-10)11-7-13-8-14-11/h7-10,12H,1-6H2. The molecule has 2 heteroatoms. The third-order valence-electron chi connectivity index (χ3n) is 4.10. The van der Waals surface area contributed by atoms with Crippen LogP contribution >= 0.6 is 0 Å². The zero-order valence-corrected chi connectivity index (χ0v) is 8.48. The van der Waals surface area contributed by atoms with Crippen LogP contribution in [0.4, 0.5) is 0 Å². The first-order valence-electron chi connectivity index (χ1n) is 5.83. The molecule has 0 unspecified atom stereocenters. The van der Waals surface area contributed by atoms with Gasteiger partial charge in [-0.15, -0.1) is 0 Å². The Bertz CT molecular complexity index is 271. The second-order valence-corrected chi connectivity index (χ2v) is 4.81. The Kier molecular flexibility index (Phi) is 2.07. The Morgan fingerprint density at radius 3 is 2.14 bits per heavy atom. The van der Waals surface area contributed by atoms with Gasteiger partial charge in [0.15, 0.2) is 6.39 Å². The van der Waals surface area contributed by atoms with Crippen LogP contribution in [-0.4, -0.2) is 4.98 Å². The van der Waals surface area contributed by atoms with Gasteiger partial charge in [-0.3, -0.25) is 0 Å². The highest BCUT2D eigenvalue weighted by atomic mass is 16.3. The Morgan fingerprint density at radius 2 is 1.79 bits per heavy atom. The van der Waals surface area contributed by atoms with Crippen LogP contribution in [-0.2, 0) is 0 Å². The lowest BCUT2D eigenvalue weighted by molar-refractivity contribution is 0.132. The van der Waals surface area contributed by atoms with Crippen LogP contribution in [0.2, 0.25) is 0 Å². The van der Waals surface area contributed by atoms with Gasteiger partial charge >= 0.3 is 0 Å². The molecule has 14 heavy (non-hydrogen) atoms. The number of aromatic nitrogens is 1. The van der Waals surface area contributed by atoms with Crippen molar-refractivity contribution in [2.75, 3.05) is 0 Å². The van der Waals surface area contributed by atoms with Crippen LogP contribution in [0.5, 0.6) is 0 Å². The Labute approximate surface area is 84.7 Å². The van der Waals surface area contributed by atoms with E-state index in [2.05, 4.69) is 4.98 Å². The van der Waals surface area contributed by atoms with Gasteiger partial charge in [-0.05, 0) is 37.5 Å². The van der Waals surface area contributed by atoms with Gasteiger partial charge in [-0.25, -0.2) is 4.98 Å². The second-order valence-electron chi connectivity index (χ2n) is 4.81. The first-order valence-corrected chi connectivity index (χ1v) is 5.83. The minimum Gasteiger partial charge on any atom is -0.448 e. The molecule has 0 radical (unpaired) electrons. The lowest BCUT2D eigenvalue weighted by Crippen LogP contribution is -2.30. The number of hydrogen-bond donors (Lipinski definition) is 0. The molecule has 76 valence electrons. The summed E-state index contributed by atoms with van der Waals surface area (Å²) in [7, 11) is 0. The van der Waals surface area contributed by atoms with Gasteiger partial charge in [0.2, 0.25) is 0 Å². The average Bonchev–Trinajstić information content (AvgIpc) is 2.47. The second kappa shape index (κ2) is 3.41. The molecule has 0 aromatic carbocycles. The molecular weight excluding hydrogens is 174 g/mol. The van der Waals surface area contributed by atoms with E-state index < -0.39 is 0 Å². The van der Waals surface area contributed by atoms with Gasteiger partial charge in [-0.2, -0.15) is 0 Å². The monoisotopic (exact) mass is 191 g/mol. The van der Waals surface area contributed by atoms with Crippen LogP contribution in [0.1, 0.15) is 50.2 Å². The third kappa shape index (κ3) is 1.28. The summed E-state index contributed by atoms with van der Waals surface area (Å²) >= 11 is 0. The van der Waals surface area contributed by atoms with E-state index >= 15 is 0 Å². The van der Waals surface area contributed by atoms with Crippen LogP contribution < -0.4 is 0 Å². The van der Waals surface area contributed by atoms with Crippen molar-refractivity contribution in [1.82, 2.24) is 4.98 Å². The SMILES string of the molecule is c1ncc(C(C2CCC2)C2CCC2)o1. The molecule has 2 fully saturated rings. The third-order valence-corrected chi connectivity index (χ3v) is 4.10. The van der Waals surface area contributed by atoms with E-state index in [0.29, 0.717) is 5.92 Å². The van der Waals surface area contributed by atoms with Crippen molar-refractivity contribution in [2.24, 2.45) is 11.8 Å². The highest BCUT2D eigenvalue weighted by Crippen LogP contribution is 2.49. The largest absolute Gasteiger partial charge is 0.448 e. The first-order chi connectivity index (χ1) is 6.95. The van der Waals surface area contributed by atoms with E-state index in [9.17, 15) is 0 Å². The van der Waals surface area contributed by atoms with E-state index in [1.807, 2.05) is 6.20 Å². The van der Waals surface area contributed by atoms with Crippen molar-refractivity contribution in [1.29, 1.82) is 0 Å². The van der Waals surface area contributed by atoms with Crippen LogP contribution in [0.25, 0.3) is 0 Å². The molecule has 0 bridgehead atoms. The fraction of sp³-hybridized carbons (Fsp3) is 0.750. The fourth-order valence-corrected chi connectivity index (χ4v) is 2.84. The minimum atomic E-state index is 0.694. The molecule has 0 saturated heterocycles. The molecule has 0 spiro atoms. The predicted octanol–water partition coefficient (Wildman–Crippen LogP) is 3.36. The van der Waals surface area contributed by atoms with Gasteiger partial charge in [-0.1, -0.05) is 12.8 Å². The Morgan fingerprint density at radius 1 is 1.14 bits per heavy atom. The predicted molar refractivity (Wildman–Crippen MR) is 53.9 cm³/mol. The van der Waals surface area contributed by atoms with Crippen molar-refractivity contribution in [3.05, 3.63) is 18.4 Å². The highest BCUT2D eigenvalue weighted by Gasteiger charge is 2.38. The highest BCUT2D eigenvalue weighted by molar-refractivity contribution is 5.07. The molecule has 2 saturated carbocycles. The summed E-state index contributed by atoms with van der Waals surface area (Å²) in [6.45, 7) is 0. The summed E-state index contributed by atoms with van der Waals surface area (Å²) in [5, 5.41) is 0. The molecule has 1 heterocycles. The van der Waals surface area contributed by atoms with Gasteiger partial charge < -0.3 is 4.42 Å². The maximum atomic E-state index is 5.50. The molecule has 0 amide bonds. The summed E-state index contributed by atoms with van der Waals surface area (Å²) in [6, 6.07) is 0. The molecule has 1 aromatic rings. The lowest BCUT2D eigenvalue weighted by atomic mass is 9.64. The normalized spacial score (nSPS) is 23.5. The van der Waals surface area contributed by atoms with Crippen LogP contribution in [0.3, 0.4) is 0 Å². The van der Waals surface area contributed by atoms with E-state index in [1.165, 1.54) is 38.5 Å². The molecule has 2 nitrogen and oxygen atoms in total. The van der Waals surface area contributed by atoms with Gasteiger partial charge in [0, 0.05) is 5.92 Å². The number of rotatable bonds is 3. The van der Waals surface area contributed by atoms with Crippen molar-refractivity contribution in [2.45, 2.75) is 44.4 Å². The van der Waals surface area contributed by atoms with E-state index in [0.717, 1.165) is 17.6 Å². The molecule has 0 N–H and O–H groups in total. The summed E-state index contributed by atoms with van der Waals surface area (Å²) in [6.07, 6.45) is 12.0. The lowest BCUT2D eigenvalue weighted by Gasteiger charge is -2.41. The summed E-state index contributed by atoms with van der Waals surface area (Å²) in [4.78, 5) is 4.06. The number of oxazole rings is 1. The average molecular weight is 191 g/mol. The van der Waals surface area contributed by atoms with Gasteiger partial charge in [0.05, 0.1) is 6.20 Å². The van der Waals surface area contributed by atoms with E-state index in [-0.39, 0.29) is 0 Å². The summed E-state index contributed by atoms with van der Waals surface area (Å²) in [5.41, 5.74) is 0. The number of nitrogens with zero attached hydrogens (tertiary/aromatic N) is 1. The molecule has 2 aliphatic carbocycles. The van der Waals surface area contributed by atoms with Crippen LogP contribution in [0.15, 0.2) is 17.0 Å². The first kappa shape index (κ1) is 8.51.